The molecule has 0 saturated carbocycles. The summed E-state index contributed by atoms with van der Waals surface area (Å²) in [4.78, 5) is 23.3. The number of nitrogen functional groups attached to an aromatic ring is 1. The second-order valence-corrected chi connectivity index (χ2v) is 5.62. The Morgan fingerprint density at radius 3 is 2.40 bits per heavy atom. The average Bonchev–Trinajstić information content (AvgIpc) is 2.26. The lowest BCUT2D eigenvalue weighted by atomic mass is 10.1. The molecule has 2 amide bonds. The molecular formula is C14H21N3O3. The molecule has 5 N–H and O–H groups in total. The van der Waals surface area contributed by atoms with Crippen molar-refractivity contribution < 1.29 is 14.3 Å². The molecule has 0 aliphatic carbocycles. The van der Waals surface area contributed by atoms with E-state index in [0.717, 1.165) is 0 Å². The molecule has 1 unspecified atom stereocenters. The normalized spacial score (nSPS) is 12.6. The number of amides is 2. The molecule has 1 atom stereocenters. The van der Waals surface area contributed by atoms with Gasteiger partial charge < -0.3 is 21.5 Å². The van der Waals surface area contributed by atoms with E-state index in [2.05, 4.69) is 5.32 Å². The van der Waals surface area contributed by atoms with Crippen LogP contribution in [0.5, 0.6) is 5.75 Å². The third-order valence-corrected chi connectivity index (χ3v) is 2.44. The maximum atomic E-state index is 11.9. The summed E-state index contributed by atoms with van der Waals surface area (Å²) in [5.74, 6) is -0.715. The first-order valence-corrected chi connectivity index (χ1v) is 6.28. The first-order chi connectivity index (χ1) is 9.10. The summed E-state index contributed by atoms with van der Waals surface area (Å²) in [6.45, 7) is 7.20. The number of hydrogen-bond donors (Lipinski definition) is 3. The third kappa shape index (κ3) is 4.46. The molecule has 6 heteroatoms. The Labute approximate surface area is 118 Å². The van der Waals surface area contributed by atoms with Crippen LogP contribution in [0.15, 0.2) is 18.2 Å². The van der Waals surface area contributed by atoms with Crippen LogP contribution in [0.2, 0.25) is 0 Å². The van der Waals surface area contributed by atoms with Gasteiger partial charge in [0.1, 0.15) is 5.75 Å². The highest BCUT2D eigenvalue weighted by Crippen LogP contribution is 2.22. The van der Waals surface area contributed by atoms with Crippen molar-refractivity contribution in [2.75, 3.05) is 5.73 Å². The van der Waals surface area contributed by atoms with Crippen molar-refractivity contribution in [3.8, 4) is 5.75 Å². The molecule has 1 rings (SSSR count). The van der Waals surface area contributed by atoms with Gasteiger partial charge in [0.15, 0.2) is 6.10 Å². The Balaban J connectivity index is 2.90. The Morgan fingerprint density at radius 1 is 1.30 bits per heavy atom. The van der Waals surface area contributed by atoms with Crippen LogP contribution < -0.4 is 21.5 Å². The molecule has 0 saturated heterocycles. The number of primary amides is 1. The lowest BCUT2D eigenvalue weighted by molar-refractivity contribution is -0.128. The van der Waals surface area contributed by atoms with Gasteiger partial charge in [0, 0.05) is 17.3 Å². The van der Waals surface area contributed by atoms with Gasteiger partial charge in [-0.3, -0.25) is 9.59 Å². The van der Waals surface area contributed by atoms with Crippen LogP contribution in [0.3, 0.4) is 0 Å². The number of benzene rings is 1. The second-order valence-electron chi connectivity index (χ2n) is 5.62. The van der Waals surface area contributed by atoms with Crippen molar-refractivity contribution in [3.63, 3.8) is 0 Å². The smallest absolute Gasteiger partial charge is 0.261 e. The minimum absolute atomic E-state index is 0.189. The average molecular weight is 279 g/mol. The first kappa shape index (κ1) is 15.8. The van der Waals surface area contributed by atoms with Gasteiger partial charge in [-0.25, -0.2) is 0 Å². The zero-order chi connectivity index (χ0) is 15.5. The number of anilines is 1. The number of ether oxygens (including phenoxy) is 1. The predicted molar refractivity (Wildman–Crippen MR) is 77.4 cm³/mol. The number of rotatable bonds is 4. The molecule has 0 heterocycles. The van der Waals surface area contributed by atoms with Crippen LogP contribution in [0.1, 0.15) is 38.1 Å². The Bertz CT molecular complexity index is 521. The minimum atomic E-state index is -0.769. The molecule has 1 aromatic rings. The van der Waals surface area contributed by atoms with Crippen molar-refractivity contribution in [3.05, 3.63) is 23.8 Å². The Hall–Kier alpha value is -2.24. The van der Waals surface area contributed by atoms with Crippen LogP contribution in [0.25, 0.3) is 0 Å². The molecule has 0 aliphatic heterocycles. The maximum absolute atomic E-state index is 11.9. The van der Waals surface area contributed by atoms with E-state index in [9.17, 15) is 9.59 Å². The van der Waals surface area contributed by atoms with Crippen molar-refractivity contribution in [1.82, 2.24) is 5.32 Å². The Morgan fingerprint density at radius 2 is 1.90 bits per heavy atom. The highest BCUT2D eigenvalue weighted by Gasteiger charge is 2.22. The molecular weight excluding hydrogens is 258 g/mol. The minimum Gasteiger partial charge on any atom is -0.480 e. The molecule has 0 aromatic heterocycles. The fraction of sp³-hybridized carbons (Fsp3) is 0.429. The van der Waals surface area contributed by atoms with Crippen molar-refractivity contribution in [2.45, 2.75) is 39.3 Å². The zero-order valence-corrected chi connectivity index (χ0v) is 12.2. The van der Waals surface area contributed by atoms with E-state index in [1.54, 1.807) is 13.0 Å². The van der Waals surface area contributed by atoms with Gasteiger partial charge in [0.05, 0.1) is 5.56 Å². The van der Waals surface area contributed by atoms with E-state index in [1.807, 2.05) is 20.8 Å². The van der Waals surface area contributed by atoms with Crippen LogP contribution >= 0.6 is 0 Å². The van der Waals surface area contributed by atoms with Gasteiger partial charge in [-0.05, 0) is 39.8 Å². The molecule has 1 aromatic carbocycles. The fourth-order valence-corrected chi connectivity index (χ4v) is 1.56. The van der Waals surface area contributed by atoms with Crippen LogP contribution in [-0.4, -0.2) is 23.5 Å². The number of carbonyl (C=O) groups is 2. The highest BCUT2D eigenvalue weighted by atomic mass is 16.5. The van der Waals surface area contributed by atoms with E-state index < -0.39 is 12.0 Å². The van der Waals surface area contributed by atoms with E-state index in [1.165, 1.54) is 12.1 Å². The molecule has 0 radical (unpaired) electrons. The van der Waals surface area contributed by atoms with Crippen LogP contribution in [0, 0.1) is 0 Å². The lowest BCUT2D eigenvalue weighted by Gasteiger charge is -2.24. The van der Waals surface area contributed by atoms with E-state index in [-0.39, 0.29) is 22.8 Å². The highest BCUT2D eigenvalue weighted by molar-refractivity contribution is 5.96. The quantitative estimate of drug-likeness (QED) is 0.716. The van der Waals surface area contributed by atoms with Gasteiger partial charge in [-0.15, -0.1) is 0 Å². The molecule has 110 valence electrons. The number of hydrogen-bond acceptors (Lipinski definition) is 4. The first-order valence-electron chi connectivity index (χ1n) is 6.28. The number of carbonyl (C=O) groups excluding carboxylic acids is 2. The van der Waals surface area contributed by atoms with Crippen LogP contribution in [0.4, 0.5) is 5.69 Å². The van der Waals surface area contributed by atoms with Gasteiger partial charge >= 0.3 is 0 Å². The van der Waals surface area contributed by atoms with Gasteiger partial charge in [0.25, 0.3) is 11.8 Å². The summed E-state index contributed by atoms with van der Waals surface area (Å²) >= 11 is 0. The summed E-state index contributed by atoms with van der Waals surface area (Å²) in [5.41, 5.74) is 11.2. The van der Waals surface area contributed by atoms with Crippen molar-refractivity contribution >= 4 is 17.5 Å². The van der Waals surface area contributed by atoms with Crippen molar-refractivity contribution in [2.24, 2.45) is 5.73 Å². The largest absolute Gasteiger partial charge is 0.480 e. The summed E-state index contributed by atoms with van der Waals surface area (Å²) < 4.78 is 5.50. The van der Waals surface area contributed by atoms with E-state index in [0.29, 0.717) is 5.69 Å². The summed E-state index contributed by atoms with van der Waals surface area (Å²) in [6, 6.07) is 4.50. The monoisotopic (exact) mass is 279 g/mol. The zero-order valence-electron chi connectivity index (χ0n) is 12.2. The third-order valence-electron chi connectivity index (χ3n) is 2.44. The SMILES string of the molecule is CC(Oc1cc(N)ccc1C(N)=O)C(=O)NC(C)(C)C. The summed E-state index contributed by atoms with van der Waals surface area (Å²) in [6.07, 6.45) is -0.769. The number of nitrogens with one attached hydrogen (secondary N) is 1. The lowest BCUT2D eigenvalue weighted by Crippen LogP contribution is -2.46. The topological polar surface area (TPSA) is 107 Å². The maximum Gasteiger partial charge on any atom is 0.261 e. The van der Waals surface area contributed by atoms with Crippen LogP contribution in [-0.2, 0) is 4.79 Å². The summed E-state index contributed by atoms with van der Waals surface area (Å²) in [5, 5.41) is 2.79. The molecule has 0 spiro atoms. The van der Waals surface area contributed by atoms with Gasteiger partial charge in [-0.2, -0.15) is 0 Å². The second kappa shape index (κ2) is 5.81. The van der Waals surface area contributed by atoms with E-state index in [4.69, 9.17) is 16.2 Å². The fourth-order valence-electron chi connectivity index (χ4n) is 1.56. The Kier molecular flexibility index (Phi) is 4.60. The molecule has 6 nitrogen and oxygen atoms in total. The number of nitrogens with two attached hydrogens (primary N) is 2. The van der Waals surface area contributed by atoms with Gasteiger partial charge in [-0.1, -0.05) is 0 Å². The molecule has 0 bridgehead atoms. The standard InChI is InChI=1S/C14H21N3O3/c1-8(13(19)17-14(2,3)4)20-11-7-9(15)5-6-10(11)12(16)18/h5-8H,15H2,1-4H3,(H2,16,18)(H,17,19). The van der Waals surface area contributed by atoms with Crippen molar-refractivity contribution in [1.29, 1.82) is 0 Å². The van der Waals surface area contributed by atoms with E-state index >= 15 is 0 Å². The molecule has 20 heavy (non-hydrogen) atoms. The summed E-state index contributed by atoms with van der Waals surface area (Å²) in [7, 11) is 0. The predicted octanol–water partition coefficient (Wildman–Crippen LogP) is 1.05. The molecule has 0 aliphatic rings. The molecule has 0 fully saturated rings. The van der Waals surface area contributed by atoms with Gasteiger partial charge in [0.2, 0.25) is 0 Å².